The number of primary amides is 1. The van der Waals surface area contributed by atoms with Gasteiger partial charge in [0.05, 0.1) is 13.7 Å². The molecule has 8 nitrogen and oxygen atoms in total. The summed E-state index contributed by atoms with van der Waals surface area (Å²) in [7, 11) is 1.28. The highest BCUT2D eigenvalue weighted by molar-refractivity contribution is 6.01. The molecule has 0 bridgehead atoms. The maximum atomic E-state index is 13.0. The number of benzene rings is 2. The number of nitrogens with zero attached hydrogens (tertiary/aromatic N) is 1. The van der Waals surface area contributed by atoms with Crippen LogP contribution in [0.4, 0.5) is 0 Å². The van der Waals surface area contributed by atoms with E-state index in [1.807, 2.05) is 18.2 Å². The van der Waals surface area contributed by atoms with E-state index >= 15 is 0 Å². The molecular weight excluding hydrogens is 434 g/mol. The van der Waals surface area contributed by atoms with Crippen molar-refractivity contribution in [3.8, 4) is 5.75 Å². The van der Waals surface area contributed by atoms with Crippen molar-refractivity contribution in [3.63, 3.8) is 0 Å². The van der Waals surface area contributed by atoms with E-state index in [0.29, 0.717) is 23.5 Å². The average molecular weight is 468 g/mol. The lowest BCUT2D eigenvalue weighted by Gasteiger charge is -2.24. The summed E-state index contributed by atoms with van der Waals surface area (Å²) in [5.74, 6) is -0.832. The summed E-state index contributed by atoms with van der Waals surface area (Å²) in [5, 5.41) is 3.46. The molecule has 0 saturated carbocycles. The van der Waals surface area contributed by atoms with Crippen LogP contribution in [0.3, 0.4) is 0 Å². The predicted octanol–water partition coefficient (Wildman–Crippen LogP) is 2.92. The van der Waals surface area contributed by atoms with Gasteiger partial charge in [-0.1, -0.05) is 30.3 Å². The van der Waals surface area contributed by atoms with Gasteiger partial charge >= 0.3 is 5.97 Å². The van der Waals surface area contributed by atoms with Crippen molar-refractivity contribution in [2.24, 2.45) is 5.73 Å². The molecule has 3 rings (SSSR count). The van der Waals surface area contributed by atoms with Crippen molar-refractivity contribution in [1.29, 1.82) is 0 Å². The fourth-order valence-corrected chi connectivity index (χ4v) is 3.80. The van der Waals surface area contributed by atoms with Crippen molar-refractivity contribution in [2.75, 3.05) is 7.11 Å². The van der Waals surface area contributed by atoms with E-state index in [2.05, 4.69) is 43.0 Å². The summed E-state index contributed by atoms with van der Waals surface area (Å²) in [6, 6.07) is 12.6. The standard InChI is InChI=1S/C26H33N3O5/c1-26(2,3)28-14-17-8-10-18(11-9-17)16-34-22-7-5-6-19-20(22)15-29(25(19)32)21(24(27)31)12-13-23(30)33-4/h5-11,21,28H,12-16H2,1-4H3,(H2,27,31). The molecule has 1 unspecified atom stereocenters. The van der Waals surface area contributed by atoms with Gasteiger partial charge in [0, 0.05) is 29.6 Å². The SMILES string of the molecule is COC(=O)CCC(C(N)=O)N1Cc2c(OCc3ccc(CNC(C)(C)C)cc3)cccc2C1=O. The van der Waals surface area contributed by atoms with Gasteiger partial charge in [-0.2, -0.15) is 0 Å². The molecule has 0 radical (unpaired) electrons. The summed E-state index contributed by atoms with van der Waals surface area (Å²) in [6.45, 7) is 7.71. The van der Waals surface area contributed by atoms with Crippen molar-refractivity contribution in [3.05, 3.63) is 64.7 Å². The normalized spacial score (nSPS) is 14.0. The number of ether oxygens (including phenoxy) is 2. The van der Waals surface area contributed by atoms with Crippen LogP contribution in [0.1, 0.15) is 60.7 Å². The van der Waals surface area contributed by atoms with Crippen LogP contribution >= 0.6 is 0 Å². The third kappa shape index (κ3) is 6.35. The maximum Gasteiger partial charge on any atom is 0.305 e. The summed E-state index contributed by atoms with van der Waals surface area (Å²) >= 11 is 0. The van der Waals surface area contributed by atoms with Gasteiger partial charge in [-0.3, -0.25) is 14.4 Å². The minimum absolute atomic E-state index is 0.00510. The summed E-state index contributed by atoms with van der Waals surface area (Å²) in [5.41, 5.74) is 8.98. The molecular formula is C26H33N3O5. The van der Waals surface area contributed by atoms with E-state index in [0.717, 1.165) is 12.1 Å². The molecule has 1 atom stereocenters. The molecule has 0 aliphatic carbocycles. The molecule has 2 aromatic carbocycles. The van der Waals surface area contributed by atoms with Crippen LogP contribution in [0.2, 0.25) is 0 Å². The number of carbonyl (C=O) groups excluding carboxylic acids is 3. The Morgan fingerprint density at radius 1 is 1.12 bits per heavy atom. The minimum atomic E-state index is -0.902. The third-order valence-corrected chi connectivity index (χ3v) is 5.75. The number of rotatable bonds is 10. The number of amides is 2. The molecule has 182 valence electrons. The summed E-state index contributed by atoms with van der Waals surface area (Å²) in [4.78, 5) is 38.0. The van der Waals surface area contributed by atoms with E-state index in [1.165, 1.54) is 17.6 Å². The molecule has 0 fully saturated rings. The fourth-order valence-electron chi connectivity index (χ4n) is 3.80. The number of carbonyl (C=O) groups is 3. The van der Waals surface area contributed by atoms with Gasteiger partial charge in [-0.25, -0.2) is 0 Å². The van der Waals surface area contributed by atoms with Crippen LogP contribution in [-0.4, -0.2) is 41.4 Å². The molecule has 2 aromatic rings. The van der Waals surface area contributed by atoms with Crippen LogP contribution in [0.25, 0.3) is 0 Å². The van der Waals surface area contributed by atoms with E-state index in [1.54, 1.807) is 12.1 Å². The van der Waals surface area contributed by atoms with E-state index in [-0.39, 0.29) is 30.8 Å². The Labute approximate surface area is 200 Å². The van der Waals surface area contributed by atoms with Gasteiger partial charge in [0.25, 0.3) is 5.91 Å². The first-order chi connectivity index (χ1) is 16.1. The predicted molar refractivity (Wildman–Crippen MR) is 128 cm³/mol. The molecule has 3 N–H and O–H groups in total. The van der Waals surface area contributed by atoms with E-state index < -0.39 is 17.9 Å². The first-order valence-electron chi connectivity index (χ1n) is 11.3. The van der Waals surface area contributed by atoms with Crippen molar-refractivity contribution in [2.45, 2.75) is 64.9 Å². The zero-order valence-electron chi connectivity index (χ0n) is 20.2. The minimum Gasteiger partial charge on any atom is -0.489 e. The Morgan fingerprint density at radius 3 is 2.41 bits per heavy atom. The lowest BCUT2D eigenvalue weighted by atomic mass is 10.1. The van der Waals surface area contributed by atoms with Crippen LogP contribution in [0.5, 0.6) is 5.75 Å². The number of hydrogen-bond donors (Lipinski definition) is 2. The maximum absolute atomic E-state index is 13.0. The van der Waals surface area contributed by atoms with Crippen LogP contribution < -0.4 is 15.8 Å². The molecule has 0 aromatic heterocycles. The van der Waals surface area contributed by atoms with Gasteiger partial charge in [-0.05, 0) is 50.5 Å². The summed E-state index contributed by atoms with van der Waals surface area (Å²) < 4.78 is 10.7. The molecule has 0 spiro atoms. The molecule has 8 heteroatoms. The first kappa shape index (κ1) is 25.2. The summed E-state index contributed by atoms with van der Waals surface area (Å²) in [6.07, 6.45) is 0.100. The Morgan fingerprint density at radius 2 is 1.79 bits per heavy atom. The van der Waals surface area contributed by atoms with Gasteiger partial charge in [-0.15, -0.1) is 0 Å². The van der Waals surface area contributed by atoms with Gasteiger partial charge < -0.3 is 25.4 Å². The lowest BCUT2D eigenvalue weighted by Crippen LogP contribution is -2.45. The number of nitrogens with two attached hydrogens (primary N) is 1. The van der Waals surface area contributed by atoms with Crippen LogP contribution in [-0.2, 0) is 34.0 Å². The Kier molecular flexibility index (Phi) is 7.94. The average Bonchev–Trinajstić information content (AvgIpc) is 3.13. The molecule has 1 heterocycles. The number of methoxy groups -OCH3 is 1. The number of nitrogens with one attached hydrogen (secondary N) is 1. The quantitative estimate of drug-likeness (QED) is 0.520. The highest BCUT2D eigenvalue weighted by Crippen LogP contribution is 2.33. The van der Waals surface area contributed by atoms with Crippen LogP contribution in [0.15, 0.2) is 42.5 Å². The molecule has 2 amide bonds. The third-order valence-electron chi connectivity index (χ3n) is 5.75. The highest BCUT2D eigenvalue weighted by Gasteiger charge is 2.37. The highest BCUT2D eigenvalue weighted by atomic mass is 16.5. The lowest BCUT2D eigenvalue weighted by molar-refractivity contribution is -0.141. The second-order valence-electron chi connectivity index (χ2n) is 9.46. The second-order valence-corrected chi connectivity index (χ2v) is 9.46. The first-order valence-corrected chi connectivity index (χ1v) is 11.3. The monoisotopic (exact) mass is 467 g/mol. The fraction of sp³-hybridized carbons (Fsp3) is 0.423. The topological polar surface area (TPSA) is 111 Å². The number of hydrogen-bond acceptors (Lipinski definition) is 6. The molecule has 1 aliphatic heterocycles. The Hall–Kier alpha value is -3.39. The Bertz CT molecular complexity index is 1040. The van der Waals surface area contributed by atoms with Gasteiger partial charge in [0.2, 0.25) is 5.91 Å². The van der Waals surface area contributed by atoms with Gasteiger partial charge in [0.15, 0.2) is 0 Å². The largest absolute Gasteiger partial charge is 0.489 e. The molecule has 0 saturated heterocycles. The van der Waals surface area contributed by atoms with Crippen LogP contribution in [0, 0.1) is 0 Å². The van der Waals surface area contributed by atoms with Crippen molar-refractivity contribution < 1.29 is 23.9 Å². The number of fused-ring (bicyclic) bond motifs is 1. The molecule has 1 aliphatic rings. The van der Waals surface area contributed by atoms with Crippen molar-refractivity contribution >= 4 is 17.8 Å². The molecule has 34 heavy (non-hydrogen) atoms. The van der Waals surface area contributed by atoms with Gasteiger partial charge in [0.1, 0.15) is 18.4 Å². The second kappa shape index (κ2) is 10.7. The zero-order valence-corrected chi connectivity index (χ0v) is 20.2. The van der Waals surface area contributed by atoms with E-state index in [9.17, 15) is 14.4 Å². The number of esters is 1. The van der Waals surface area contributed by atoms with E-state index in [4.69, 9.17) is 10.5 Å². The Balaban J connectivity index is 1.67. The van der Waals surface area contributed by atoms with Crippen molar-refractivity contribution in [1.82, 2.24) is 10.2 Å². The zero-order chi connectivity index (χ0) is 24.9. The smallest absolute Gasteiger partial charge is 0.305 e.